The Bertz CT molecular complexity index is 316. The van der Waals surface area contributed by atoms with Crippen LogP contribution in [0.15, 0.2) is 18.2 Å². The van der Waals surface area contributed by atoms with E-state index in [1.807, 2.05) is 6.07 Å². The SMILES string of the molecule is COc1cc(OC)cc([C@@H]2CCNC2)c1.Cl. The lowest BCUT2D eigenvalue weighted by Crippen LogP contribution is -2.08. The maximum atomic E-state index is 5.26. The van der Waals surface area contributed by atoms with E-state index in [1.165, 1.54) is 12.0 Å². The number of rotatable bonds is 3. The van der Waals surface area contributed by atoms with Gasteiger partial charge >= 0.3 is 0 Å². The fourth-order valence-electron chi connectivity index (χ4n) is 2.00. The molecule has 0 aliphatic carbocycles. The third-order valence-electron chi connectivity index (χ3n) is 2.91. The van der Waals surface area contributed by atoms with Crippen LogP contribution in [0.2, 0.25) is 0 Å². The van der Waals surface area contributed by atoms with Gasteiger partial charge in [0.2, 0.25) is 0 Å². The molecule has 0 radical (unpaired) electrons. The van der Waals surface area contributed by atoms with Crippen molar-refractivity contribution in [3.05, 3.63) is 23.8 Å². The van der Waals surface area contributed by atoms with E-state index < -0.39 is 0 Å². The lowest BCUT2D eigenvalue weighted by Gasteiger charge is -2.12. The summed E-state index contributed by atoms with van der Waals surface area (Å²) in [6.07, 6.45) is 1.19. The Morgan fingerprint density at radius 2 is 1.75 bits per heavy atom. The molecule has 0 saturated carbocycles. The Hall–Kier alpha value is -0.930. The Morgan fingerprint density at radius 3 is 2.19 bits per heavy atom. The van der Waals surface area contributed by atoms with Crippen LogP contribution >= 0.6 is 12.4 Å². The maximum absolute atomic E-state index is 5.26. The Morgan fingerprint density at radius 1 is 1.12 bits per heavy atom. The summed E-state index contributed by atoms with van der Waals surface area (Å²) in [5.74, 6) is 2.33. The minimum Gasteiger partial charge on any atom is -0.497 e. The Kier molecular flexibility index (Phi) is 4.90. The molecule has 0 amide bonds. The van der Waals surface area contributed by atoms with E-state index in [2.05, 4.69) is 17.4 Å². The molecule has 90 valence electrons. The van der Waals surface area contributed by atoms with Crippen molar-refractivity contribution < 1.29 is 9.47 Å². The molecule has 0 bridgehead atoms. The van der Waals surface area contributed by atoms with E-state index >= 15 is 0 Å². The molecule has 1 aliphatic rings. The second-order valence-electron chi connectivity index (χ2n) is 3.84. The fourth-order valence-corrected chi connectivity index (χ4v) is 2.00. The molecule has 0 unspecified atom stereocenters. The first-order valence-corrected chi connectivity index (χ1v) is 5.27. The molecule has 1 aliphatic heterocycles. The Labute approximate surface area is 103 Å². The lowest BCUT2D eigenvalue weighted by atomic mass is 9.98. The van der Waals surface area contributed by atoms with Gasteiger partial charge in [0.15, 0.2) is 0 Å². The van der Waals surface area contributed by atoms with E-state index in [9.17, 15) is 0 Å². The predicted molar refractivity (Wildman–Crippen MR) is 67.0 cm³/mol. The van der Waals surface area contributed by atoms with Crippen LogP contribution in [0, 0.1) is 0 Å². The number of benzene rings is 1. The van der Waals surface area contributed by atoms with E-state index in [0.29, 0.717) is 5.92 Å². The number of nitrogens with one attached hydrogen (secondary N) is 1. The number of halogens is 1. The normalized spacial score (nSPS) is 19.0. The van der Waals surface area contributed by atoms with Crippen molar-refractivity contribution in [2.75, 3.05) is 27.3 Å². The summed E-state index contributed by atoms with van der Waals surface area (Å²) >= 11 is 0. The molecular weight excluding hydrogens is 226 g/mol. The highest BCUT2D eigenvalue weighted by Gasteiger charge is 2.17. The van der Waals surface area contributed by atoms with Crippen LogP contribution in [-0.4, -0.2) is 27.3 Å². The van der Waals surface area contributed by atoms with Gasteiger partial charge in [-0.25, -0.2) is 0 Å². The molecule has 1 saturated heterocycles. The molecule has 1 fully saturated rings. The van der Waals surface area contributed by atoms with Crippen molar-refractivity contribution in [1.82, 2.24) is 5.32 Å². The molecule has 1 aromatic rings. The van der Waals surface area contributed by atoms with Gasteiger partial charge in [-0.2, -0.15) is 0 Å². The zero-order chi connectivity index (χ0) is 10.7. The van der Waals surface area contributed by atoms with Crippen molar-refractivity contribution in [3.63, 3.8) is 0 Å². The summed E-state index contributed by atoms with van der Waals surface area (Å²) in [5, 5.41) is 3.36. The molecule has 4 heteroatoms. The molecule has 3 nitrogen and oxygen atoms in total. The van der Waals surface area contributed by atoms with Gasteiger partial charge in [0.05, 0.1) is 14.2 Å². The third kappa shape index (κ3) is 2.80. The van der Waals surface area contributed by atoms with Crippen molar-refractivity contribution in [2.45, 2.75) is 12.3 Å². The van der Waals surface area contributed by atoms with Crippen molar-refractivity contribution >= 4 is 12.4 Å². The second-order valence-corrected chi connectivity index (χ2v) is 3.84. The Balaban J connectivity index is 0.00000128. The van der Waals surface area contributed by atoms with Crippen molar-refractivity contribution in [2.24, 2.45) is 0 Å². The van der Waals surface area contributed by atoms with Gasteiger partial charge in [0.25, 0.3) is 0 Å². The van der Waals surface area contributed by atoms with E-state index in [1.54, 1.807) is 14.2 Å². The monoisotopic (exact) mass is 243 g/mol. The molecule has 1 heterocycles. The van der Waals surface area contributed by atoms with Crippen LogP contribution in [0.1, 0.15) is 17.9 Å². The minimum absolute atomic E-state index is 0. The molecule has 0 aromatic heterocycles. The topological polar surface area (TPSA) is 30.5 Å². The van der Waals surface area contributed by atoms with Gasteiger partial charge in [0.1, 0.15) is 11.5 Å². The number of hydrogen-bond donors (Lipinski definition) is 1. The number of ether oxygens (including phenoxy) is 2. The van der Waals surface area contributed by atoms with Crippen LogP contribution in [0.3, 0.4) is 0 Å². The third-order valence-corrected chi connectivity index (χ3v) is 2.91. The molecule has 1 aromatic carbocycles. The van der Waals surface area contributed by atoms with Gasteiger partial charge in [-0.15, -0.1) is 12.4 Å². The van der Waals surface area contributed by atoms with Crippen LogP contribution in [-0.2, 0) is 0 Å². The fraction of sp³-hybridized carbons (Fsp3) is 0.500. The van der Waals surface area contributed by atoms with Crippen LogP contribution in [0.5, 0.6) is 11.5 Å². The number of hydrogen-bond acceptors (Lipinski definition) is 3. The summed E-state index contributed by atoms with van der Waals surface area (Å²) in [4.78, 5) is 0. The van der Waals surface area contributed by atoms with E-state index in [0.717, 1.165) is 24.6 Å². The summed E-state index contributed by atoms with van der Waals surface area (Å²) in [6, 6.07) is 6.10. The highest BCUT2D eigenvalue weighted by molar-refractivity contribution is 5.85. The van der Waals surface area contributed by atoms with Gasteiger partial charge in [-0.1, -0.05) is 0 Å². The summed E-state index contributed by atoms with van der Waals surface area (Å²) in [6.45, 7) is 2.15. The first-order chi connectivity index (χ1) is 7.33. The highest BCUT2D eigenvalue weighted by atomic mass is 35.5. The first kappa shape index (κ1) is 13.1. The van der Waals surface area contributed by atoms with Crippen LogP contribution in [0.4, 0.5) is 0 Å². The molecule has 16 heavy (non-hydrogen) atoms. The lowest BCUT2D eigenvalue weighted by molar-refractivity contribution is 0.393. The quantitative estimate of drug-likeness (QED) is 0.883. The molecule has 0 spiro atoms. The first-order valence-electron chi connectivity index (χ1n) is 5.27. The standard InChI is InChI=1S/C12H17NO2.ClH/c1-14-11-5-10(6-12(7-11)15-2)9-3-4-13-8-9;/h5-7,9,13H,3-4,8H2,1-2H3;1H/t9-;/m1./s1. The summed E-state index contributed by atoms with van der Waals surface area (Å²) in [7, 11) is 3.37. The van der Waals surface area contributed by atoms with Gasteiger partial charge < -0.3 is 14.8 Å². The average Bonchev–Trinajstić information content (AvgIpc) is 2.81. The van der Waals surface area contributed by atoms with Gasteiger partial charge in [-0.05, 0) is 36.6 Å². The molecule has 2 rings (SSSR count). The maximum Gasteiger partial charge on any atom is 0.122 e. The molecular formula is C12H18ClNO2. The highest BCUT2D eigenvalue weighted by Crippen LogP contribution is 2.30. The van der Waals surface area contributed by atoms with Gasteiger partial charge in [-0.3, -0.25) is 0 Å². The largest absolute Gasteiger partial charge is 0.497 e. The minimum atomic E-state index is 0. The summed E-state index contributed by atoms with van der Waals surface area (Å²) < 4.78 is 10.5. The van der Waals surface area contributed by atoms with Crippen LogP contribution < -0.4 is 14.8 Å². The molecule has 1 atom stereocenters. The zero-order valence-corrected chi connectivity index (χ0v) is 10.5. The average molecular weight is 244 g/mol. The second kappa shape index (κ2) is 5.97. The number of methoxy groups -OCH3 is 2. The van der Waals surface area contributed by atoms with Crippen LogP contribution in [0.25, 0.3) is 0 Å². The van der Waals surface area contributed by atoms with E-state index in [4.69, 9.17) is 9.47 Å². The van der Waals surface area contributed by atoms with Crippen molar-refractivity contribution in [3.8, 4) is 11.5 Å². The van der Waals surface area contributed by atoms with Crippen molar-refractivity contribution in [1.29, 1.82) is 0 Å². The van der Waals surface area contributed by atoms with E-state index in [-0.39, 0.29) is 12.4 Å². The summed E-state index contributed by atoms with van der Waals surface area (Å²) in [5.41, 5.74) is 1.30. The smallest absolute Gasteiger partial charge is 0.122 e. The molecule has 1 N–H and O–H groups in total. The van der Waals surface area contributed by atoms with Gasteiger partial charge in [0, 0.05) is 12.6 Å². The zero-order valence-electron chi connectivity index (χ0n) is 9.66. The predicted octanol–water partition coefficient (Wildman–Crippen LogP) is 2.20.